The van der Waals surface area contributed by atoms with Crippen molar-refractivity contribution in [2.45, 2.75) is 56.3 Å². The maximum Gasteiger partial charge on any atom is 0.282 e. The number of aliphatic hydroxyl groups excluding tert-OH is 1. The summed E-state index contributed by atoms with van der Waals surface area (Å²) >= 11 is 1.28. The Morgan fingerprint density at radius 1 is 1.12 bits per heavy atom. The number of hydrogen-bond acceptors (Lipinski definition) is 6. The van der Waals surface area contributed by atoms with E-state index in [1.165, 1.54) is 17.3 Å². The van der Waals surface area contributed by atoms with E-state index in [1.807, 2.05) is 47.4 Å². The first kappa shape index (κ1) is 23.1. The van der Waals surface area contributed by atoms with Gasteiger partial charge in [-0.1, -0.05) is 54.2 Å². The van der Waals surface area contributed by atoms with E-state index >= 15 is 0 Å². The molecule has 2 aliphatic rings. The molecule has 4 rings (SSSR count). The molecular weight excluding hydrogens is 426 g/mol. The molecule has 2 aliphatic heterocycles. The summed E-state index contributed by atoms with van der Waals surface area (Å²) in [6.07, 6.45) is 1.91. The minimum Gasteiger partial charge on any atom is -0.497 e. The Balaban J connectivity index is 1.50. The van der Waals surface area contributed by atoms with Crippen LogP contribution in [0.25, 0.3) is 0 Å². The number of aryl methyl sites for hydroxylation is 1. The summed E-state index contributed by atoms with van der Waals surface area (Å²) in [5.41, 5.74) is 2.25. The zero-order valence-electron chi connectivity index (χ0n) is 18.6. The number of aliphatic hydroxyl groups is 1. The van der Waals surface area contributed by atoms with Crippen molar-refractivity contribution in [1.82, 2.24) is 4.90 Å². The number of thioether (sulfide) groups is 1. The number of hydrogen-bond donors (Lipinski definition) is 1. The van der Waals surface area contributed by atoms with Gasteiger partial charge in [0.15, 0.2) is 5.79 Å². The molecule has 7 heteroatoms. The maximum absolute atomic E-state index is 12.8. The van der Waals surface area contributed by atoms with Gasteiger partial charge in [-0.2, -0.15) is 0 Å². The van der Waals surface area contributed by atoms with Crippen molar-refractivity contribution in [2.75, 3.05) is 20.0 Å². The van der Waals surface area contributed by atoms with Crippen LogP contribution >= 0.6 is 11.8 Å². The molecule has 0 spiro atoms. The minimum absolute atomic E-state index is 0.00624. The Hall–Kier alpha value is -2.06. The molecule has 32 heavy (non-hydrogen) atoms. The molecule has 6 nitrogen and oxygen atoms in total. The van der Waals surface area contributed by atoms with Gasteiger partial charge in [-0.05, 0) is 42.5 Å². The number of ether oxygens (including phenoxy) is 3. The lowest BCUT2D eigenvalue weighted by Crippen LogP contribution is -2.60. The summed E-state index contributed by atoms with van der Waals surface area (Å²) < 4.78 is 17.7. The van der Waals surface area contributed by atoms with Gasteiger partial charge >= 0.3 is 0 Å². The number of nitrogens with zero attached hydrogens (tertiary/aromatic N) is 1. The SMILES string of the molecule is COc1ccc(CN2C(=O)SCC2[C@@]2(OC)C[C@H](O)C[C@@H](CCc3ccccc3)O2)cc1. The van der Waals surface area contributed by atoms with Crippen LogP contribution in [0.5, 0.6) is 5.75 Å². The molecule has 0 radical (unpaired) electrons. The second-order valence-electron chi connectivity index (χ2n) is 8.44. The van der Waals surface area contributed by atoms with E-state index in [-0.39, 0.29) is 17.4 Å². The first-order chi connectivity index (χ1) is 15.5. The second kappa shape index (κ2) is 10.3. The highest BCUT2D eigenvalue weighted by Crippen LogP contribution is 2.42. The van der Waals surface area contributed by atoms with Crippen LogP contribution in [0.4, 0.5) is 4.79 Å². The number of methoxy groups -OCH3 is 2. The molecule has 2 aromatic carbocycles. The first-order valence-corrected chi connectivity index (χ1v) is 12.0. The Labute approximate surface area is 193 Å². The molecule has 0 bridgehead atoms. The molecule has 2 heterocycles. The molecule has 1 N–H and O–H groups in total. The van der Waals surface area contributed by atoms with Crippen LogP contribution in [-0.2, 0) is 22.4 Å². The summed E-state index contributed by atoms with van der Waals surface area (Å²) in [4.78, 5) is 14.6. The van der Waals surface area contributed by atoms with Gasteiger partial charge in [0.25, 0.3) is 5.24 Å². The van der Waals surface area contributed by atoms with Crippen molar-refractivity contribution in [3.8, 4) is 5.75 Å². The molecule has 1 amide bonds. The summed E-state index contributed by atoms with van der Waals surface area (Å²) in [7, 11) is 3.25. The topological polar surface area (TPSA) is 68.2 Å². The lowest BCUT2D eigenvalue weighted by atomic mass is 9.90. The third-order valence-corrected chi connectivity index (χ3v) is 7.32. The first-order valence-electron chi connectivity index (χ1n) is 11.0. The fourth-order valence-corrected chi connectivity index (χ4v) is 5.73. The smallest absolute Gasteiger partial charge is 0.282 e. The number of amides is 1. The highest BCUT2D eigenvalue weighted by atomic mass is 32.2. The van der Waals surface area contributed by atoms with Crippen molar-refractivity contribution in [2.24, 2.45) is 0 Å². The fraction of sp³-hybridized carbons (Fsp3) is 0.480. The molecule has 2 saturated heterocycles. The zero-order chi connectivity index (χ0) is 22.6. The van der Waals surface area contributed by atoms with Gasteiger partial charge in [-0.3, -0.25) is 4.79 Å². The average molecular weight is 458 g/mol. The Bertz CT molecular complexity index is 893. The van der Waals surface area contributed by atoms with Gasteiger partial charge in [-0.15, -0.1) is 0 Å². The number of carbonyl (C=O) groups excluding carboxylic acids is 1. The van der Waals surface area contributed by atoms with Gasteiger partial charge < -0.3 is 24.2 Å². The van der Waals surface area contributed by atoms with E-state index in [9.17, 15) is 9.90 Å². The van der Waals surface area contributed by atoms with Crippen LogP contribution < -0.4 is 4.74 Å². The number of rotatable bonds is 8. The van der Waals surface area contributed by atoms with Gasteiger partial charge in [0.1, 0.15) is 5.75 Å². The highest BCUT2D eigenvalue weighted by molar-refractivity contribution is 8.13. The van der Waals surface area contributed by atoms with E-state index in [1.54, 1.807) is 14.2 Å². The largest absolute Gasteiger partial charge is 0.497 e. The Kier molecular flexibility index (Phi) is 7.40. The van der Waals surface area contributed by atoms with E-state index in [4.69, 9.17) is 14.2 Å². The third-order valence-electron chi connectivity index (χ3n) is 6.36. The van der Waals surface area contributed by atoms with Gasteiger partial charge in [-0.25, -0.2) is 0 Å². The van der Waals surface area contributed by atoms with Crippen LogP contribution in [0.3, 0.4) is 0 Å². The lowest BCUT2D eigenvalue weighted by Gasteiger charge is -2.47. The average Bonchev–Trinajstić information content (AvgIpc) is 3.19. The molecule has 172 valence electrons. The minimum atomic E-state index is -1.02. The second-order valence-corrected chi connectivity index (χ2v) is 9.41. The van der Waals surface area contributed by atoms with E-state index in [2.05, 4.69) is 12.1 Å². The predicted molar refractivity (Wildman–Crippen MR) is 125 cm³/mol. The molecule has 4 atom stereocenters. The monoisotopic (exact) mass is 457 g/mol. The standard InChI is InChI=1S/C25H31NO5S/c1-29-21-11-9-19(10-12-21)16-26-23(17-32-24(26)28)25(30-2)15-20(27)14-22(31-25)13-8-18-6-4-3-5-7-18/h3-7,9-12,20,22-23,27H,8,13-17H2,1-2H3/t20-,22-,23?,25-/m1/s1. The molecule has 0 aliphatic carbocycles. The van der Waals surface area contributed by atoms with E-state index < -0.39 is 11.9 Å². The van der Waals surface area contributed by atoms with Gasteiger partial charge in [0.05, 0.1) is 25.4 Å². The van der Waals surface area contributed by atoms with Crippen molar-refractivity contribution in [1.29, 1.82) is 0 Å². The van der Waals surface area contributed by atoms with E-state index in [0.29, 0.717) is 25.1 Å². The molecule has 0 saturated carbocycles. The summed E-state index contributed by atoms with van der Waals surface area (Å²) in [6, 6.07) is 17.7. The van der Waals surface area contributed by atoms with Crippen molar-refractivity contribution >= 4 is 17.0 Å². The van der Waals surface area contributed by atoms with Crippen LogP contribution in [0.15, 0.2) is 54.6 Å². The van der Waals surface area contributed by atoms with Crippen LogP contribution in [0.2, 0.25) is 0 Å². The van der Waals surface area contributed by atoms with Crippen LogP contribution in [-0.4, -0.2) is 59.3 Å². The predicted octanol–water partition coefficient (Wildman–Crippen LogP) is 4.25. The molecule has 2 fully saturated rings. The fourth-order valence-electron chi connectivity index (χ4n) is 4.64. The Morgan fingerprint density at radius 2 is 1.88 bits per heavy atom. The normalized spacial score (nSPS) is 28.2. The summed E-state index contributed by atoms with van der Waals surface area (Å²) in [5.74, 6) is 0.326. The Morgan fingerprint density at radius 3 is 2.56 bits per heavy atom. The van der Waals surface area contributed by atoms with Crippen LogP contribution in [0, 0.1) is 0 Å². The summed E-state index contributed by atoms with van der Waals surface area (Å²) in [6.45, 7) is 0.458. The van der Waals surface area contributed by atoms with Gasteiger partial charge in [0, 0.05) is 25.8 Å². The number of benzene rings is 2. The summed E-state index contributed by atoms with van der Waals surface area (Å²) in [5, 5.41) is 10.7. The maximum atomic E-state index is 12.8. The molecular formula is C25H31NO5S. The van der Waals surface area contributed by atoms with Crippen molar-refractivity contribution < 1.29 is 24.1 Å². The third kappa shape index (κ3) is 5.12. The quantitative estimate of drug-likeness (QED) is 0.639. The molecule has 2 aromatic rings. The van der Waals surface area contributed by atoms with Gasteiger partial charge in [0.2, 0.25) is 0 Å². The van der Waals surface area contributed by atoms with Crippen molar-refractivity contribution in [3.63, 3.8) is 0 Å². The number of carbonyl (C=O) groups is 1. The van der Waals surface area contributed by atoms with Crippen molar-refractivity contribution in [3.05, 3.63) is 65.7 Å². The zero-order valence-corrected chi connectivity index (χ0v) is 19.4. The van der Waals surface area contributed by atoms with E-state index in [0.717, 1.165) is 24.2 Å². The highest BCUT2D eigenvalue weighted by Gasteiger charge is 2.53. The molecule has 1 unspecified atom stereocenters. The molecule has 0 aromatic heterocycles. The van der Waals surface area contributed by atoms with Crippen LogP contribution in [0.1, 0.15) is 30.4 Å². The lowest BCUT2D eigenvalue weighted by molar-refractivity contribution is -0.304.